The molecular formula is C11H11FN4OS. The molecule has 1 heterocycles. The van der Waals surface area contributed by atoms with Gasteiger partial charge in [0.05, 0.1) is 5.69 Å². The summed E-state index contributed by atoms with van der Waals surface area (Å²) in [5.41, 5.74) is 2.18. The van der Waals surface area contributed by atoms with Gasteiger partial charge in [0.1, 0.15) is 11.3 Å². The number of benzene rings is 1. The van der Waals surface area contributed by atoms with E-state index in [2.05, 4.69) is 15.5 Å². The molecule has 94 valence electrons. The van der Waals surface area contributed by atoms with E-state index in [1.165, 1.54) is 22.9 Å². The van der Waals surface area contributed by atoms with E-state index in [1.54, 1.807) is 31.1 Å². The minimum atomic E-state index is -0.440. The van der Waals surface area contributed by atoms with Gasteiger partial charge in [0.25, 0.3) is 5.91 Å². The second-order valence-corrected chi connectivity index (χ2v) is 4.59. The van der Waals surface area contributed by atoms with Crippen molar-refractivity contribution in [3.8, 4) is 0 Å². The predicted molar refractivity (Wildman–Crippen MR) is 68.6 cm³/mol. The van der Waals surface area contributed by atoms with E-state index in [1.807, 2.05) is 0 Å². The summed E-state index contributed by atoms with van der Waals surface area (Å²) in [5, 5.41) is 10.2. The number of rotatable bonds is 3. The van der Waals surface area contributed by atoms with Crippen LogP contribution in [-0.4, -0.2) is 30.2 Å². The van der Waals surface area contributed by atoms with E-state index in [-0.39, 0.29) is 5.56 Å². The number of carbonyl (C=O) groups excluding carboxylic acids is 1. The molecule has 1 aromatic heterocycles. The van der Waals surface area contributed by atoms with Crippen LogP contribution in [0.1, 0.15) is 10.4 Å². The molecule has 0 aliphatic carbocycles. The summed E-state index contributed by atoms with van der Waals surface area (Å²) in [6.07, 6.45) is 0. The zero-order valence-electron chi connectivity index (χ0n) is 9.85. The molecule has 0 saturated carbocycles. The van der Waals surface area contributed by atoms with E-state index in [0.717, 1.165) is 0 Å². The van der Waals surface area contributed by atoms with Gasteiger partial charge in [-0.2, -0.15) is 0 Å². The molecule has 18 heavy (non-hydrogen) atoms. The Bertz CT molecular complexity index is 556. The lowest BCUT2D eigenvalue weighted by Crippen LogP contribution is -2.14. The number of hydrogen-bond donors (Lipinski definition) is 1. The molecule has 0 spiro atoms. The highest BCUT2D eigenvalue weighted by Crippen LogP contribution is 2.19. The molecule has 0 saturated heterocycles. The number of nitrogens with one attached hydrogen (secondary N) is 1. The van der Waals surface area contributed by atoms with E-state index in [9.17, 15) is 9.18 Å². The first kappa shape index (κ1) is 12.4. The average molecular weight is 266 g/mol. The van der Waals surface area contributed by atoms with Crippen molar-refractivity contribution in [2.75, 3.05) is 24.3 Å². The van der Waals surface area contributed by atoms with Crippen LogP contribution < -0.4 is 10.2 Å². The third-order valence-corrected chi connectivity index (χ3v) is 2.88. The van der Waals surface area contributed by atoms with Crippen LogP contribution in [0.25, 0.3) is 0 Å². The van der Waals surface area contributed by atoms with Gasteiger partial charge in [-0.1, -0.05) is 11.3 Å². The molecular weight excluding hydrogens is 255 g/mol. The molecule has 0 aliphatic heterocycles. The van der Waals surface area contributed by atoms with E-state index in [4.69, 9.17) is 0 Å². The van der Waals surface area contributed by atoms with Crippen molar-refractivity contribution in [3.05, 3.63) is 35.1 Å². The zero-order chi connectivity index (χ0) is 13.1. The van der Waals surface area contributed by atoms with Gasteiger partial charge in [0.2, 0.25) is 5.13 Å². The summed E-state index contributed by atoms with van der Waals surface area (Å²) >= 11 is 1.20. The molecule has 0 atom stereocenters. The lowest BCUT2D eigenvalue weighted by atomic mass is 10.2. The first-order valence-electron chi connectivity index (χ1n) is 5.12. The summed E-state index contributed by atoms with van der Waals surface area (Å²) in [6.45, 7) is 0. The number of amides is 1. The Morgan fingerprint density at radius 2 is 2.22 bits per heavy atom. The van der Waals surface area contributed by atoms with Crippen molar-refractivity contribution in [3.63, 3.8) is 0 Å². The maximum absolute atomic E-state index is 13.7. The summed E-state index contributed by atoms with van der Waals surface area (Å²) in [5.74, 6) is -0.846. The van der Waals surface area contributed by atoms with E-state index >= 15 is 0 Å². The van der Waals surface area contributed by atoms with Crippen molar-refractivity contribution in [2.24, 2.45) is 0 Å². The number of anilines is 2. The zero-order valence-corrected chi connectivity index (χ0v) is 10.7. The Kier molecular flexibility index (Phi) is 3.52. The number of aromatic nitrogens is 2. The lowest BCUT2D eigenvalue weighted by Gasteiger charge is -2.13. The van der Waals surface area contributed by atoms with Crippen molar-refractivity contribution in [2.45, 2.75) is 0 Å². The smallest absolute Gasteiger partial charge is 0.257 e. The van der Waals surface area contributed by atoms with Crippen LogP contribution in [0.4, 0.5) is 15.2 Å². The molecule has 0 radical (unpaired) electrons. The minimum absolute atomic E-state index is 0.244. The van der Waals surface area contributed by atoms with Crippen molar-refractivity contribution in [1.29, 1.82) is 0 Å². The predicted octanol–water partition coefficient (Wildman–Crippen LogP) is 2.00. The third-order valence-electron chi connectivity index (χ3n) is 2.27. The van der Waals surface area contributed by atoms with Gasteiger partial charge in [-0.3, -0.25) is 10.1 Å². The van der Waals surface area contributed by atoms with Crippen LogP contribution in [-0.2, 0) is 0 Å². The monoisotopic (exact) mass is 266 g/mol. The third kappa shape index (κ3) is 2.62. The fourth-order valence-electron chi connectivity index (χ4n) is 1.41. The molecule has 7 heteroatoms. The Hall–Kier alpha value is -2.02. The molecule has 5 nitrogen and oxygen atoms in total. The van der Waals surface area contributed by atoms with Crippen LogP contribution in [0.2, 0.25) is 0 Å². The summed E-state index contributed by atoms with van der Waals surface area (Å²) in [6, 6.07) is 4.32. The maximum Gasteiger partial charge on any atom is 0.257 e. The molecule has 2 rings (SSSR count). The first-order chi connectivity index (χ1) is 8.58. The average Bonchev–Trinajstić information content (AvgIpc) is 2.81. The molecule has 1 aromatic carbocycles. The number of carbonyl (C=O) groups is 1. The Labute approximate surface area is 107 Å². The van der Waals surface area contributed by atoms with Crippen molar-refractivity contribution in [1.82, 2.24) is 10.2 Å². The van der Waals surface area contributed by atoms with Gasteiger partial charge in [-0.15, -0.1) is 10.2 Å². The molecule has 0 aliphatic rings. The van der Waals surface area contributed by atoms with Crippen molar-refractivity contribution < 1.29 is 9.18 Å². The minimum Gasteiger partial charge on any atom is -0.375 e. The van der Waals surface area contributed by atoms with Crippen LogP contribution in [0, 0.1) is 5.82 Å². The Balaban J connectivity index is 2.19. The standard InChI is InChI=1S/C11H11FN4OS/c1-16(2)9-4-3-7(5-8(9)12)10(17)14-11-15-13-6-18-11/h3-6H,1-2H3,(H,14,15,17). The highest BCUT2D eigenvalue weighted by molar-refractivity contribution is 7.13. The summed E-state index contributed by atoms with van der Waals surface area (Å²) < 4.78 is 13.7. The summed E-state index contributed by atoms with van der Waals surface area (Å²) in [4.78, 5) is 13.4. The molecule has 2 aromatic rings. The second kappa shape index (κ2) is 5.09. The normalized spacial score (nSPS) is 10.2. The number of hydrogen-bond acceptors (Lipinski definition) is 5. The van der Waals surface area contributed by atoms with Crippen molar-refractivity contribution >= 4 is 28.1 Å². The highest BCUT2D eigenvalue weighted by Gasteiger charge is 2.12. The van der Waals surface area contributed by atoms with Gasteiger partial charge >= 0.3 is 0 Å². The SMILES string of the molecule is CN(C)c1ccc(C(=O)Nc2nncs2)cc1F. The van der Waals surface area contributed by atoms with Crippen LogP contribution in [0.15, 0.2) is 23.7 Å². The molecule has 0 fully saturated rings. The lowest BCUT2D eigenvalue weighted by molar-refractivity contribution is 0.102. The van der Waals surface area contributed by atoms with Gasteiger partial charge in [0, 0.05) is 19.7 Å². The highest BCUT2D eigenvalue weighted by atomic mass is 32.1. The number of halogens is 1. The molecule has 1 N–H and O–H groups in total. The second-order valence-electron chi connectivity index (χ2n) is 3.76. The van der Waals surface area contributed by atoms with Gasteiger partial charge in [-0.05, 0) is 18.2 Å². The van der Waals surface area contributed by atoms with Gasteiger partial charge in [0.15, 0.2) is 0 Å². The quantitative estimate of drug-likeness (QED) is 0.923. The Morgan fingerprint density at radius 3 is 2.78 bits per heavy atom. The fourth-order valence-corrected chi connectivity index (χ4v) is 1.85. The number of nitrogens with zero attached hydrogens (tertiary/aromatic N) is 3. The summed E-state index contributed by atoms with van der Waals surface area (Å²) in [7, 11) is 3.47. The largest absolute Gasteiger partial charge is 0.375 e. The van der Waals surface area contributed by atoms with Crippen LogP contribution in [0.3, 0.4) is 0 Å². The topological polar surface area (TPSA) is 58.1 Å². The maximum atomic E-state index is 13.7. The van der Waals surface area contributed by atoms with Crippen LogP contribution in [0.5, 0.6) is 0 Å². The Morgan fingerprint density at radius 1 is 1.44 bits per heavy atom. The fraction of sp³-hybridized carbons (Fsp3) is 0.182. The molecule has 0 unspecified atom stereocenters. The molecule has 1 amide bonds. The molecule has 0 bridgehead atoms. The van der Waals surface area contributed by atoms with E-state index in [0.29, 0.717) is 10.8 Å². The first-order valence-corrected chi connectivity index (χ1v) is 6.00. The van der Waals surface area contributed by atoms with Gasteiger partial charge in [-0.25, -0.2) is 4.39 Å². The van der Waals surface area contributed by atoms with Crippen LogP contribution >= 0.6 is 11.3 Å². The van der Waals surface area contributed by atoms with Gasteiger partial charge < -0.3 is 4.90 Å². The van der Waals surface area contributed by atoms with E-state index < -0.39 is 11.7 Å².